The van der Waals surface area contributed by atoms with Crippen molar-refractivity contribution in [1.29, 1.82) is 0 Å². The third-order valence-electron chi connectivity index (χ3n) is 6.37. The van der Waals surface area contributed by atoms with Gasteiger partial charge in [0.1, 0.15) is 24.4 Å². The van der Waals surface area contributed by atoms with Crippen LogP contribution < -0.4 is 29.6 Å². The Balaban J connectivity index is 0.0000122. The molecule has 1 aliphatic rings. The number of aliphatic hydroxyl groups excluding tert-OH is 4. The fourth-order valence-corrected chi connectivity index (χ4v) is 4.74. The fourth-order valence-electron chi connectivity index (χ4n) is 4.20. The zero-order chi connectivity index (χ0) is 25.9. The molecule has 0 aromatic carbocycles. The van der Waals surface area contributed by atoms with Gasteiger partial charge in [-0.3, -0.25) is 0 Å². The monoisotopic (exact) mass is 548 g/mol. The molecule has 4 N–H and O–H groups in total. The molecule has 1 rings (SSSR count). The number of rotatable bonds is 22. The SMILES string of the molecule is CCCCCCCCCCCCCCCCOC[C@@H](O)CO[C@@H]1O[C@H](C[S-](=O)=O)[C@@H](O)[C@H](O)[C@H]1O.[Na+]. The molecule has 1 heterocycles. The van der Waals surface area contributed by atoms with Gasteiger partial charge in [0, 0.05) is 6.61 Å². The van der Waals surface area contributed by atoms with Crippen molar-refractivity contribution in [3.05, 3.63) is 0 Å². The van der Waals surface area contributed by atoms with E-state index in [2.05, 4.69) is 6.92 Å². The van der Waals surface area contributed by atoms with Crippen LogP contribution in [0, 0.1) is 0 Å². The predicted molar refractivity (Wildman–Crippen MR) is 133 cm³/mol. The van der Waals surface area contributed by atoms with Gasteiger partial charge in [-0.25, -0.2) is 0 Å². The molecule has 1 aliphatic heterocycles. The average molecular weight is 549 g/mol. The molecule has 0 spiro atoms. The molecule has 11 heteroatoms. The summed E-state index contributed by atoms with van der Waals surface area (Å²) in [6, 6.07) is 0. The summed E-state index contributed by atoms with van der Waals surface area (Å²) in [6.45, 7) is 2.62. The largest absolute Gasteiger partial charge is 1.00 e. The number of unbranched alkanes of at least 4 members (excludes halogenated alkanes) is 13. The summed E-state index contributed by atoms with van der Waals surface area (Å²) >= 11 is 0. The van der Waals surface area contributed by atoms with Crippen LogP contribution >= 0.6 is 0 Å². The summed E-state index contributed by atoms with van der Waals surface area (Å²) in [5, 5.41) is 39.7. The molecule has 210 valence electrons. The molecular formula is C25H49NaO9S. The maximum atomic E-state index is 10.9. The van der Waals surface area contributed by atoms with Crippen molar-refractivity contribution < 1.29 is 72.6 Å². The van der Waals surface area contributed by atoms with Crippen LogP contribution in [-0.2, 0) is 33.3 Å². The minimum absolute atomic E-state index is 0. The molecule has 0 saturated carbocycles. The van der Waals surface area contributed by atoms with E-state index >= 15 is 0 Å². The second-order valence-corrected chi connectivity index (χ2v) is 10.6. The van der Waals surface area contributed by atoms with Crippen molar-refractivity contribution >= 4 is 10.7 Å². The molecule has 6 atom stereocenters. The summed E-state index contributed by atoms with van der Waals surface area (Å²) in [7, 11) is -2.50. The van der Waals surface area contributed by atoms with Crippen molar-refractivity contribution in [2.24, 2.45) is 0 Å². The minimum Gasteiger partial charge on any atom is -0.424 e. The Labute approximate surface area is 241 Å². The van der Waals surface area contributed by atoms with Crippen LogP contribution in [-0.4, -0.2) is 82.8 Å². The first-order valence-corrected chi connectivity index (χ1v) is 14.7. The van der Waals surface area contributed by atoms with Gasteiger partial charge in [-0.1, -0.05) is 101 Å². The van der Waals surface area contributed by atoms with E-state index in [0.717, 1.165) is 12.8 Å². The van der Waals surface area contributed by atoms with E-state index < -0.39 is 53.3 Å². The molecule has 1 fully saturated rings. The van der Waals surface area contributed by atoms with Crippen LogP contribution in [0.5, 0.6) is 0 Å². The van der Waals surface area contributed by atoms with Gasteiger partial charge in [0.05, 0.1) is 19.3 Å². The zero-order valence-electron chi connectivity index (χ0n) is 22.4. The van der Waals surface area contributed by atoms with Crippen molar-refractivity contribution in [2.75, 3.05) is 25.6 Å². The van der Waals surface area contributed by atoms with Crippen molar-refractivity contribution in [3.8, 4) is 0 Å². The zero-order valence-corrected chi connectivity index (χ0v) is 25.2. The van der Waals surface area contributed by atoms with Crippen LogP contribution in [0.2, 0.25) is 0 Å². The summed E-state index contributed by atoms with van der Waals surface area (Å²) in [5.74, 6) is -0.546. The van der Waals surface area contributed by atoms with E-state index in [1.165, 1.54) is 77.0 Å². The molecule has 0 amide bonds. The van der Waals surface area contributed by atoms with Crippen LogP contribution in [0.3, 0.4) is 0 Å². The van der Waals surface area contributed by atoms with Crippen molar-refractivity contribution in [2.45, 2.75) is 134 Å². The second-order valence-electron chi connectivity index (χ2n) is 9.64. The van der Waals surface area contributed by atoms with E-state index in [9.17, 15) is 28.8 Å². The number of hydrogen-bond donors (Lipinski definition) is 4. The first kappa shape index (κ1) is 36.7. The van der Waals surface area contributed by atoms with Gasteiger partial charge in [-0.05, 0) is 12.2 Å². The maximum absolute atomic E-state index is 10.9. The molecule has 0 bridgehead atoms. The smallest absolute Gasteiger partial charge is 0.424 e. The van der Waals surface area contributed by atoms with Gasteiger partial charge in [0.25, 0.3) is 0 Å². The summed E-state index contributed by atoms with van der Waals surface area (Å²) in [4.78, 5) is 0. The van der Waals surface area contributed by atoms with Gasteiger partial charge in [-0.15, -0.1) is 0 Å². The van der Waals surface area contributed by atoms with Gasteiger partial charge in [0.2, 0.25) is 0 Å². The van der Waals surface area contributed by atoms with Crippen LogP contribution in [0.4, 0.5) is 0 Å². The van der Waals surface area contributed by atoms with Gasteiger partial charge in [-0.2, -0.15) is 0 Å². The van der Waals surface area contributed by atoms with Crippen LogP contribution in [0.25, 0.3) is 0 Å². The molecule has 0 radical (unpaired) electrons. The predicted octanol–water partition coefficient (Wildman–Crippen LogP) is -0.0173. The molecule has 36 heavy (non-hydrogen) atoms. The Morgan fingerprint density at radius 3 is 1.75 bits per heavy atom. The Morgan fingerprint density at radius 1 is 0.750 bits per heavy atom. The average Bonchev–Trinajstić information content (AvgIpc) is 2.83. The fraction of sp³-hybridized carbons (Fsp3) is 1.00. The van der Waals surface area contributed by atoms with E-state index in [1.54, 1.807) is 0 Å². The van der Waals surface area contributed by atoms with Gasteiger partial charge in [0.15, 0.2) is 6.29 Å². The standard InChI is InChI=1S/C25H49O9S.Na/c1-2-3-4-5-6-7-8-9-10-11-12-13-14-15-16-32-17-20(26)18-33-25-24(29)23(28)22(27)21(34-25)19-35(30)31;/h20-29H,2-19H2,1H3;/q-1;+1/t20-,21-,22-,23+,24-,25-;/m1./s1. The molecule has 0 aliphatic carbocycles. The Morgan fingerprint density at radius 2 is 1.25 bits per heavy atom. The summed E-state index contributed by atoms with van der Waals surface area (Å²) in [5.41, 5.74) is 0. The quantitative estimate of drug-likeness (QED) is 0.0834. The summed E-state index contributed by atoms with van der Waals surface area (Å²) in [6.07, 6.45) is 9.70. The molecule has 0 unspecified atom stereocenters. The third kappa shape index (κ3) is 17.3. The Hall–Kier alpha value is 0.670. The first-order valence-electron chi connectivity index (χ1n) is 13.5. The molecule has 1 saturated heterocycles. The number of ether oxygens (including phenoxy) is 3. The normalized spacial score (nSPS) is 25.1. The first-order chi connectivity index (χ1) is 16.9. The topological polar surface area (TPSA) is 143 Å². The third-order valence-corrected chi connectivity index (χ3v) is 6.97. The maximum Gasteiger partial charge on any atom is 1.00 e. The van der Waals surface area contributed by atoms with E-state index in [4.69, 9.17) is 14.2 Å². The molecular weight excluding hydrogens is 499 g/mol. The number of aliphatic hydroxyl groups is 4. The van der Waals surface area contributed by atoms with Crippen LogP contribution in [0.15, 0.2) is 0 Å². The van der Waals surface area contributed by atoms with E-state index in [1.807, 2.05) is 0 Å². The number of hydrogen-bond acceptors (Lipinski definition) is 10. The van der Waals surface area contributed by atoms with E-state index in [0.29, 0.717) is 6.61 Å². The van der Waals surface area contributed by atoms with Crippen molar-refractivity contribution in [3.63, 3.8) is 0 Å². The summed E-state index contributed by atoms with van der Waals surface area (Å²) < 4.78 is 37.8. The second kappa shape index (κ2) is 23.5. The van der Waals surface area contributed by atoms with Gasteiger partial charge >= 0.3 is 29.6 Å². The molecule has 0 aromatic rings. The van der Waals surface area contributed by atoms with E-state index in [-0.39, 0.29) is 42.8 Å². The van der Waals surface area contributed by atoms with Crippen molar-refractivity contribution in [1.82, 2.24) is 0 Å². The van der Waals surface area contributed by atoms with Crippen LogP contribution in [0.1, 0.15) is 96.8 Å². The minimum atomic E-state index is -2.50. The Bertz CT molecular complexity index is 574. The molecule has 9 nitrogen and oxygen atoms in total. The molecule has 0 aromatic heterocycles. The Kier molecular flexibility index (Phi) is 24.0. The van der Waals surface area contributed by atoms with Gasteiger partial charge < -0.3 is 43.1 Å².